The van der Waals surface area contributed by atoms with Crippen LogP contribution in [0.5, 0.6) is 0 Å². The Morgan fingerprint density at radius 3 is 1.92 bits per heavy atom. The summed E-state index contributed by atoms with van der Waals surface area (Å²) in [4.78, 5) is 0.172. The summed E-state index contributed by atoms with van der Waals surface area (Å²) in [6, 6.07) is 26.4. The Morgan fingerprint density at radius 1 is 0.897 bits per heavy atom. The van der Waals surface area contributed by atoms with Gasteiger partial charge in [-0.15, -0.1) is 6.58 Å². The largest absolute Gasteiger partial charge is 0.391 e. The second-order valence-corrected chi connectivity index (χ2v) is 23.3. The Balaban J connectivity index is 1.94. The minimum Gasteiger partial charge on any atom is -0.391 e. The standard InChI is InChI=1S/C31H41NO4SSi2/c1-7-28(33)29-30(34)31(39(5,6)26-16-12-9-13-17-26)27(22-38(3,4)25-14-10-8-11-15-25)32(29)37(35,36)24-20-18-23(2)19-21-24/h7-21,27-31,33-34H,1,22H2,2-6H3/t27-,28+,29+,30-,31-/m1/s1. The number of nitrogens with zero attached hydrogens (tertiary/aromatic N) is 1. The summed E-state index contributed by atoms with van der Waals surface area (Å²) in [6.45, 7) is 14.6. The molecule has 5 atom stereocenters. The average molecular weight is 580 g/mol. The summed E-state index contributed by atoms with van der Waals surface area (Å²) in [5.41, 5.74) is 0.623. The lowest BCUT2D eigenvalue weighted by Gasteiger charge is -2.40. The lowest BCUT2D eigenvalue weighted by Crippen LogP contribution is -2.56. The second-order valence-electron chi connectivity index (χ2n) is 12.0. The molecule has 0 spiro atoms. The SMILES string of the molecule is C=C[C@H](O)[C@H]1[C@@H](O)[C@H]([Si](C)(C)c2ccccc2)[C@@H](C[Si](C)(C)c2ccccc2)N1S(=O)(=O)c1ccc(C)cc1. The molecule has 0 radical (unpaired) electrons. The number of aliphatic hydroxyl groups excluding tert-OH is 2. The molecule has 8 heteroatoms. The van der Waals surface area contributed by atoms with Crippen molar-refractivity contribution in [1.82, 2.24) is 4.31 Å². The molecule has 1 aliphatic heterocycles. The Kier molecular flexibility index (Phi) is 8.57. The molecule has 208 valence electrons. The smallest absolute Gasteiger partial charge is 0.243 e. The maximum atomic E-state index is 14.5. The van der Waals surface area contributed by atoms with Crippen molar-refractivity contribution >= 4 is 36.5 Å². The highest BCUT2D eigenvalue weighted by molar-refractivity contribution is 7.89. The predicted molar refractivity (Wildman–Crippen MR) is 166 cm³/mol. The van der Waals surface area contributed by atoms with E-state index in [4.69, 9.17) is 0 Å². The van der Waals surface area contributed by atoms with E-state index in [0.717, 1.165) is 10.8 Å². The molecule has 5 nitrogen and oxygen atoms in total. The van der Waals surface area contributed by atoms with E-state index in [2.05, 4.69) is 57.0 Å². The molecule has 0 saturated carbocycles. The van der Waals surface area contributed by atoms with Gasteiger partial charge in [0.15, 0.2) is 0 Å². The van der Waals surface area contributed by atoms with Crippen LogP contribution >= 0.6 is 0 Å². The van der Waals surface area contributed by atoms with Gasteiger partial charge in [-0.05, 0) is 25.1 Å². The monoisotopic (exact) mass is 579 g/mol. The van der Waals surface area contributed by atoms with Crippen molar-refractivity contribution in [2.24, 2.45) is 0 Å². The van der Waals surface area contributed by atoms with Gasteiger partial charge >= 0.3 is 0 Å². The van der Waals surface area contributed by atoms with Crippen LogP contribution in [-0.2, 0) is 10.0 Å². The summed E-state index contributed by atoms with van der Waals surface area (Å²) in [5, 5.41) is 25.6. The van der Waals surface area contributed by atoms with Crippen molar-refractivity contribution in [2.75, 3.05) is 0 Å². The fraction of sp³-hybridized carbons (Fsp3) is 0.355. The number of sulfonamides is 1. The van der Waals surface area contributed by atoms with Crippen LogP contribution in [0.15, 0.2) is 102 Å². The molecular formula is C31H41NO4SSi2. The molecule has 39 heavy (non-hydrogen) atoms. The topological polar surface area (TPSA) is 77.8 Å². The van der Waals surface area contributed by atoms with Crippen LogP contribution in [0.3, 0.4) is 0 Å². The number of hydrogen-bond acceptors (Lipinski definition) is 4. The van der Waals surface area contributed by atoms with Crippen LogP contribution in [0.2, 0.25) is 37.8 Å². The Labute approximate surface area is 235 Å². The van der Waals surface area contributed by atoms with E-state index in [1.807, 2.05) is 43.3 Å². The maximum Gasteiger partial charge on any atom is 0.243 e. The molecule has 2 N–H and O–H groups in total. The molecular weight excluding hydrogens is 539 g/mol. The van der Waals surface area contributed by atoms with Crippen molar-refractivity contribution < 1.29 is 18.6 Å². The van der Waals surface area contributed by atoms with Gasteiger partial charge in [0.05, 0.1) is 39.3 Å². The van der Waals surface area contributed by atoms with E-state index >= 15 is 0 Å². The van der Waals surface area contributed by atoms with Gasteiger partial charge in [-0.25, -0.2) is 8.42 Å². The highest BCUT2D eigenvalue weighted by atomic mass is 32.2. The first-order chi connectivity index (χ1) is 18.3. The van der Waals surface area contributed by atoms with Crippen molar-refractivity contribution in [3.8, 4) is 0 Å². The van der Waals surface area contributed by atoms with Crippen molar-refractivity contribution in [2.45, 2.75) is 73.9 Å². The number of aryl methyl sites for hydroxylation is 1. The number of rotatable bonds is 9. The molecule has 3 aromatic carbocycles. The van der Waals surface area contributed by atoms with Gasteiger partial charge in [0.1, 0.15) is 0 Å². The van der Waals surface area contributed by atoms with E-state index in [1.165, 1.54) is 15.6 Å². The number of hydrogen-bond donors (Lipinski definition) is 2. The van der Waals surface area contributed by atoms with Gasteiger partial charge in [0.25, 0.3) is 0 Å². The molecule has 1 heterocycles. The first-order valence-electron chi connectivity index (χ1n) is 13.5. The highest BCUT2D eigenvalue weighted by Gasteiger charge is 2.60. The first-order valence-corrected chi connectivity index (χ1v) is 21.2. The third-order valence-electron chi connectivity index (χ3n) is 8.57. The van der Waals surface area contributed by atoms with E-state index in [9.17, 15) is 18.6 Å². The summed E-state index contributed by atoms with van der Waals surface area (Å²) in [5.74, 6) is 0. The zero-order valence-corrected chi connectivity index (χ0v) is 26.3. The molecule has 1 fully saturated rings. The molecule has 0 bridgehead atoms. The molecule has 1 saturated heterocycles. The Morgan fingerprint density at radius 2 is 1.41 bits per heavy atom. The zero-order chi connectivity index (χ0) is 28.6. The number of aliphatic hydroxyl groups is 2. The van der Waals surface area contributed by atoms with Crippen LogP contribution in [-0.4, -0.2) is 63.4 Å². The summed E-state index contributed by atoms with van der Waals surface area (Å²) >= 11 is 0. The zero-order valence-electron chi connectivity index (χ0n) is 23.5. The molecule has 0 aliphatic carbocycles. The highest BCUT2D eigenvalue weighted by Crippen LogP contribution is 2.48. The van der Waals surface area contributed by atoms with Gasteiger partial charge in [0, 0.05) is 11.6 Å². The summed E-state index contributed by atoms with van der Waals surface area (Å²) < 4.78 is 30.4. The molecule has 4 rings (SSSR count). The third-order valence-corrected chi connectivity index (χ3v) is 18.1. The Bertz CT molecular complexity index is 1380. The van der Waals surface area contributed by atoms with Gasteiger partial charge < -0.3 is 10.2 Å². The van der Waals surface area contributed by atoms with Crippen LogP contribution in [0, 0.1) is 6.92 Å². The Hall–Kier alpha value is -2.34. The van der Waals surface area contributed by atoms with E-state index < -0.39 is 50.5 Å². The average Bonchev–Trinajstić information content (AvgIpc) is 3.21. The maximum absolute atomic E-state index is 14.5. The quantitative estimate of drug-likeness (QED) is 0.294. The van der Waals surface area contributed by atoms with Crippen LogP contribution in [0.1, 0.15) is 5.56 Å². The molecule has 3 aromatic rings. The first kappa shape index (κ1) is 29.6. The minimum absolute atomic E-state index is 0.172. The minimum atomic E-state index is -4.06. The van der Waals surface area contributed by atoms with Gasteiger partial charge in [-0.3, -0.25) is 0 Å². The van der Waals surface area contributed by atoms with Crippen LogP contribution in [0.25, 0.3) is 0 Å². The molecule has 0 amide bonds. The van der Waals surface area contributed by atoms with Gasteiger partial charge in [-0.1, -0.05) is 121 Å². The molecule has 0 aromatic heterocycles. The summed E-state index contributed by atoms with van der Waals surface area (Å²) in [6.07, 6.45) is -0.914. The number of benzene rings is 3. The molecule has 1 aliphatic rings. The normalized spacial score (nSPS) is 23.5. The second kappa shape index (κ2) is 11.3. The fourth-order valence-electron chi connectivity index (χ4n) is 6.35. The summed E-state index contributed by atoms with van der Waals surface area (Å²) in [7, 11) is -8.75. The van der Waals surface area contributed by atoms with Gasteiger partial charge in [0.2, 0.25) is 10.0 Å². The van der Waals surface area contributed by atoms with E-state index in [1.54, 1.807) is 24.3 Å². The fourth-order valence-corrected chi connectivity index (χ4v) is 15.2. The van der Waals surface area contributed by atoms with Crippen molar-refractivity contribution in [1.29, 1.82) is 0 Å². The lowest BCUT2D eigenvalue weighted by atomic mass is 10.1. The van der Waals surface area contributed by atoms with Crippen molar-refractivity contribution in [3.05, 3.63) is 103 Å². The van der Waals surface area contributed by atoms with E-state index in [-0.39, 0.29) is 10.4 Å². The molecule has 0 unspecified atom stereocenters. The lowest BCUT2D eigenvalue weighted by molar-refractivity contribution is 0.0626. The van der Waals surface area contributed by atoms with Crippen LogP contribution < -0.4 is 10.4 Å². The van der Waals surface area contributed by atoms with Crippen molar-refractivity contribution in [3.63, 3.8) is 0 Å². The van der Waals surface area contributed by atoms with Gasteiger partial charge in [-0.2, -0.15) is 4.31 Å². The van der Waals surface area contributed by atoms with E-state index in [0.29, 0.717) is 6.04 Å². The predicted octanol–water partition coefficient (Wildman–Crippen LogP) is 4.25. The van der Waals surface area contributed by atoms with Crippen LogP contribution in [0.4, 0.5) is 0 Å². The third kappa shape index (κ3) is 5.64.